The molecule has 0 radical (unpaired) electrons. The highest BCUT2D eigenvalue weighted by atomic mass is 16.6. The number of non-ortho nitro benzene ring substituents is 1. The molecule has 5 heteroatoms. The van der Waals surface area contributed by atoms with E-state index in [4.69, 9.17) is 0 Å². The van der Waals surface area contributed by atoms with Crippen LogP contribution in [0.2, 0.25) is 0 Å². The van der Waals surface area contributed by atoms with Crippen molar-refractivity contribution >= 4 is 22.1 Å². The Bertz CT molecular complexity index is 596. The van der Waals surface area contributed by atoms with Gasteiger partial charge in [-0.1, -0.05) is 13.8 Å². The molecule has 1 aromatic heterocycles. The van der Waals surface area contributed by atoms with Gasteiger partial charge in [-0.05, 0) is 24.5 Å². The van der Waals surface area contributed by atoms with Crippen LogP contribution in [-0.4, -0.2) is 16.5 Å². The molecule has 0 aliphatic rings. The fourth-order valence-corrected chi connectivity index (χ4v) is 1.98. The van der Waals surface area contributed by atoms with Gasteiger partial charge in [0.15, 0.2) is 0 Å². The number of nitrogens with zero attached hydrogens (tertiary/aromatic N) is 2. The number of nitro benzene ring substituents is 1. The Morgan fingerprint density at radius 1 is 1.32 bits per heavy atom. The number of aromatic nitrogens is 1. The summed E-state index contributed by atoms with van der Waals surface area (Å²) in [6.45, 7) is 5.17. The van der Waals surface area contributed by atoms with Gasteiger partial charge in [0.2, 0.25) is 0 Å². The lowest BCUT2D eigenvalue weighted by molar-refractivity contribution is -0.383. The van der Waals surface area contributed by atoms with Crippen molar-refractivity contribution in [2.24, 2.45) is 5.92 Å². The van der Waals surface area contributed by atoms with Crippen molar-refractivity contribution in [3.05, 3.63) is 40.7 Å². The van der Waals surface area contributed by atoms with E-state index in [9.17, 15) is 10.1 Å². The SMILES string of the molecule is CC(C)CCNc1ccc([N+](=O)[O-])c2ccncc12. The summed E-state index contributed by atoms with van der Waals surface area (Å²) in [7, 11) is 0. The smallest absolute Gasteiger partial charge is 0.277 e. The molecule has 2 aromatic rings. The summed E-state index contributed by atoms with van der Waals surface area (Å²) in [5.41, 5.74) is 1.01. The quantitative estimate of drug-likeness (QED) is 0.658. The Balaban J connectivity index is 2.36. The summed E-state index contributed by atoms with van der Waals surface area (Å²) >= 11 is 0. The van der Waals surface area contributed by atoms with E-state index in [1.165, 1.54) is 0 Å². The van der Waals surface area contributed by atoms with Gasteiger partial charge in [0, 0.05) is 36.1 Å². The second kappa shape index (κ2) is 5.65. The molecule has 0 atom stereocenters. The van der Waals surface area contributed by atoms with Crippen LogP contribution in [0.3, 0.4) is 0 Å². The Kier molecular flexibility index (Phi) is 3.94. The first kappa shape index (κ1) is 13.3. The maximum Gasteiger partial charge on any atom is 0.277 e. The summed E-state index contributed by atoms with van der Waals surface area (Å²) in [4.78, 5) is 14.7. The summed E-state index contributed by atoms with van der Waals surface area (Å²) < 4.78 is 0. The predicted octanol–water partition coefficient (Wildman–Crippen LogP) is 3.60. The molecule has 0 saturated carbocycles. The zero-order valence-corrected chi connectivity index (χ0v) is 11.1. The lowest BCUT2D eigenvalue weighted by Crippen LogP contribution is -2.05. The van der Waals surface area contributed by atoms with Gasteiger partial charge in [0.25, 0.3) is 5.69 Å². The third kappa shape index (κ3) is 2.99. The van der Waals surface area contributed by atoms with Crippen LogP contribution in [0.4, 0.5) is 11.4 Å². The highest BCUT2D eigenvalue weighted by molar-refractivity contribution is 5.99. The number of rotatable bonds is 5. The van der Waals surface area contributed by atoms with E-state index < -0.39 is 0 Å². The maximum atomic E-state index is 11.0. The van der Waals surface area contributed by atoms with Crippen molar-refractivity contribution in [3.8, 4) is 0 Å². The molecule has 1 N–H and O–H groups in total. The van der Waals surface area contributed by atoms with Crippen LogP contribution in [0.15, 0.2) is 30.6 Å². The number of benzene rings is 1. The zero-order valence-electron chi connectivity index (χ0n) is 11.1. The topological polar surface area (TPSA) is 68.1 Å². The van der Waals surface area contributed by atoms with Gasteiger partial charge < -0.3 is 5.32 Å². The largest absolute Gasteiger partial charge is 0.384 e. The Hall–Kier alpha value is -2.17. The lowest BCUT2D eigenvalue weighted by Gasteiger charge is -2.11. The third-order valence-corrected chi connectivity index (χ3v) is 3.03. The molecule has 2 rings (SSSR count). The van der Waals surface area contributed by atoms with Gasteiger partial charge in [0.1, 0.15) is 0 Å². The van der Waals surface area contributed by atoms with Crippen molar-refractivity contribution < 1.29 is 4.92 Å². The van der Waals surface area contributed by atoms with Gasteiger partial charge in [-0.25, -0.2) is 0 Å². The summed E-state index contributed by atoms with van der Waals surface area (Å²) in [5, 5.41) is 15.7. The molecular weight excluding hydrogens is 242 g/mol. The summed E-state index contributed by atoms with van der Waals surface area (Å²) in [6, 6.07) is 4.98. The highest BCUT2D eigenvalue weighted by Gasteiger charge is 2.13. The molecule has 100 valence electrons. The Morgan fingerprint density at radius 2 is 2.11 bits per heavy atom. The van der Waals surface area contributed by atoms with E-state index in [0.29, 0.717) is 11.3 Å². The van der Waals surface area contributed by atoms with Crippen LogP contribution >= 0.6 is 0 Å². The molecule has 0 saturated heterocycles. The first-order valence-electron chi connectivity index (χ1n) is 6.34. The molecule has 1 aromatic carbocycles. The van der Waals surface area contributed by atoms with E-state index in [1.54, 1.807) is 30.6 Å². The predicted molar refractivity (Wildman–Crippen MR) is 76.3 cm³/mol. The average molecular weight is 259 g/mol. The van der Waals surface area contributed by atoms with Crippen LogP contribution in [-0.2, 0) is 0 Å². The lowest BCUT2D eigenvalue weighted by atomic mass is 10.1. The van der Waals surface area contributed by atoms with E-state index in [2.05, 4.69) is 24.1 Å². The van der Waals surface area contributed by atoms with Gasteiger partial charge in [-0.15, -0.1) is 0 Å². The molecule has 0 aliphatic heterocycles. The van der Waals surface area contributed by atoms with E-state index in [1.807, 2.05) is 0 Å². The van der Waals surface area contributed by atoms with Crippen molar-refractivity contribution in [2.45, 2.75) is 20.3 Å². The molecular formula is C14H17N3O2. The van der Waals surface area contributed by atoms with Crippen molar-refractivity contribution in [1.82, 2.24) is 4.98 Å². The first-order valence-corrected chi connectivity index (χ1v) is 6.34. The van der Waals surface area contributed by atoms with Crippen molar-refractivity contribution in [3.63, 3.8) is 0 Å². The molecule has 5 nitrogen and oxygen atoms in total. The summed E-state index contributed by atoms with van der Waals surface area (Å²) in [5.74, 6) is 0.620. The molecule has 0 bridgehead atoms. The highest BCUT2D eigenvalue weighted by Crippen LogP contribution is 2.30. The minimum Gasteiger partial charge on any atom is -0.384 e. The zero-order chi connectivity index (χ0) is 13.8. The monoisotopic (exact) mass is 259 g/mol. The standard InChI is InChI=1S/C14H17N3O2/c1-10(2)5-8-16-13-3-4-14(17(18)19)11-6-7-15-9-12(11)13/h3-4,6-7,9-10,16H,5,8H2,1-2H3. The van der Waals surface area contributed by atoms with Crippen molar-refractivity contribution in [1.29, 1.82) is 0 Å². The van der Waals surface area contributed by atoms with Crippen LogP contribution in [0.1, 0.15) is 20.3 Å². The number of hydrogen-bond acceptors (Lipinski definition) is 4. The van der Waals surface area contributed by atoms with Crippen LogP contribution in [0, 0.1) is 16.0 Å². The van der Waals surface area contributed by atoms with Gasteiger partial charge >= 0.3 is 0 Å². The average Bonchev–Trinajstić information content (AvgIpc) is 2.38. The van der Waals surface area contributed by atoms with Gasteiger partial charge in [-0.3, -0.25) is 15.1 Å². The van der Waals surface area contributed by atoms with Crippen LogP contribution in [0.25, 0.3) is 10.8 Å². The van der Waals surface area contributed by atoms with Gasteiger partial charge in [-0.2, -0.15) is 0 Å². The number of hydrogen-bond donors (Lipinski definition) is 1. The second-order valence-electron chi connectivity index (χ2n) is 4.92. The number of anilines is 1. The fraction of sp³-hybridized carbons (Fsp3) is 0.357. The minimum absolute atomic E-state index is 0.117. The Morgan fingerprint density at radius 3 is 2.79 bits per heavy atom. The Labute approximate surface area is 111 Å². The van der Waals surface area contributed by atoms with Crippen molar-refractivity contribution in [2.75, 3.05) is 11.9 Å². The molecule has 19 heavy (non-hydrogen) atoms. The third-order valence-electron chi connectivity index (χ3n) is 3.03. The summed E-state index contributed by atoms with van der Waals surface area (Å²) in [6.07, 6.45) is 4.30. The number of fused-ring (bicyclic) bond motifs is 1. The number of nitro groups is 1. The maximum absolute atomic E-state index is 11.0. The molecule has 0 fully saturated rings. The number of pyridine rings is 1. The van der Waals surface area contributed by atoms with Crippen LogP contribution in [0.5, 0.6) is 0 Å². The minimum atomic E-state index is -0.361. The number of nitrogens with one attached hydrogen (secondary N) is 1. The van der Waals surface area contributed by atoms with E-state index >= 15 is 0 Å². The molecule has 0 aliphatic carbocycles. The van der Waals surface area contributed by atoms with Crippen LogP contribution < -0.4 is 5.32 Å². The normalized spacial score (nSPS) is 10.9. The van der Waals surface area contributed by atoms with E-state index in [-0.39, 0.29) is 10.6 Å². The second-order valence-corrected chi connectivity index (χ2v) is 4.92. The molecule has 1 heterocycles. The first-order chi connectivity index (χ1) is 9.09. The van der Waals surface area contributed by atoms with E-state index in [0.717, 1.165) is 24.0 Å². The van der Waals surface area contributed by atoms with Gasteiger partial charge in [0.05, 0.1) is 10.3 Å². The molecule has 0 unspecified atom stereocenters. The fourth-order valence-electron chi connectivity index (χ4n) is 1.98. The molecule has 0 amide bonds. The molecule has 0 spiro atoms.